The van der Waals surface area contributed by atoms with Gasteiger partial charge in [0.25, 0.3) is 0 Å². The van der Waals surface area contributed by atoms with Crippen LogP contribution in [0.25, 0.3) is 0 Å². The van der Waals surface area contributed by atoms with E-state index in [2.05, 4.69) is 28.2 Å². The van der Waals surface area contributed by atoms with E-state index in [9.17, 15) is 19.2 Å². The largest absolute Gasteiger partial charge is 0.351 e. The Kier molecular flexibility index (Phi) is 16.9. The van der Waals surface area contributed by atoms with Crippen molar-refractivity contribution >= 4 is 23.6 Å². The van der Waals surface area contributed by atoms with Crippen LogP contribution in [-0.4, -0.2) is 54.8 Å². The third-order valence-electron chi connectivity index (χ3n) is 6.93. The van der Waals surface area contributed by atoms with E-state index in [1.54, 1.807) is 0 Å². The molecule has 6 N–H and O–H groups in total. The number of carbonyl (C=O) groups excluding carboxylic acids is 4. The average molecular weight is 538 g/mol. The predicted molar refractivity (Wildman–Crippen MR) is 152 cm³/mol. The number of amides is 4. The van der Waals surface area contributed by atoms with Gasteiger partial charge in [-0.1, -0.05) is 85.5 Å². The zero-order chi connectivity index (χ0) is 28.4. The Bertz CT molecular complexity index is 722. The third-order valence-corrected chi connectivity index (χ3v) is 6.93. The number of rotatable bonds is 15. The Balaban J connectivity index is 2.87. The zero-order valence-electron chi connectivity index (χ0n) is 24.5. The van der Waals surface area contributed by atoms with E-state index in [0.29, 0.717) is 32.2 Å². The van der Waals surface area contributed by atoms with Gasteiger partial charge in [0.1, 0.15) is 12.1 Å². The van der Waals surface area contributed by atoms with Crippen LogP contribution in [0.15, 0.2) is 0 Å². The summed E-state index contributed by atoms with van der Waals surface area (Å²) in [6.45, 7) is 8.56. The molecule has 1 aliphatic rings. The summed E-state index contributed by atoms with van der Waals surface area (Å²) in [6, 6.07) is -1.90. The highest BCUT2D eigenvalue weighted by molar-refractivity contribution is 5.93. The standard InChI is InChI=1S/C29H55N5O4/c1-5-6-7-8-9-10-11-12-13-16-22-19-25(35)31-21-26(36)33-23(17-14-15-18-30)27(37)34-24(28(38)32-22)20-29(2,3)4/h22-24H,5-21,30H2,1-4H3,(H,31,35)(H,32,38)(H,33,36)(H,34,37)/t22-,23+,24+/m1/s1. The smallest absolute Gasteiger partial charge is 0.243 e. The first-order valence-electron chi connectivity index (χ1n) is 14.9. The fourth-order valence-electron chi connectivity index (χ4n) is 4.80. The predicted octanol–water partition coefficient (Wildman–Crippen LogP) is 3.45. The number of nitrogens with one attached hydrogen (secondary N) is 4. The second-order valence-electron chi connectivity index (χ2n) is 12.0. The van der Waals surface area contributed by atoms with Crippen molar-refractivity contribution in [1.82, 2.24) is 21.3 Å². The van der Waals surface area contributed by atoms with Gasteiger partial charge in [0.2, 0.25) is 23.6 Å². The molecule has 0 aromatic heterocycles. The van der Waals surface area contributed by atoms with Gasteiger partial charge in [-0.15, -0.1) is 0 Å². The van der Waals surface area contributed by atoms with Crippen LogP contribution in [0.3, 0.4) is 0 Å². The van der Waals surface area contributed by atoms with Crippen LogP contribution in [0.5, 0.6) is 0 Å². The van der Waals surface area contributed by atoms with Gasteiger partial charge in [-0.25, -0.2) is 0 Å². The van der Waals surface area contributed by atoms with Gasteiger partial charge in [0.05, 0.1) is 6.54 Å². The van der Waals surface area contributed by atoms with E-state index < -0.39 is 18.0 Å². The second kappa shape index (κ2) is 19.0. The van der Waals surface area contributed by atoms with Gasteiger partial charge in [0.15, 0.2) is 0 Å². The molecular formula is C29H55N5O4. The molecule has 1 heterocycles. The maximum atomic E-state index is 13.4. The molecular weight excluding hydrogens is 482 g/mol. The van der Waals surface area contributed by atoms with Crippen molar-refractivity contribution in [2.75, 3.05) is 13.1 Å². The highest BCUT2D eigenvalue weighted by Crippen LogP contribution is 2.22. The molecule has 4 amide bonds. The summed E-state index contributed by atoms with van der Waals surface area (Å²) in [7, 11) is 0. The molecule has 0 bridgehead atoms. The van der Waals surface area contributed by atoms with Crippen molar-refractivity contribution in [2.24, 2.45) is 11.1 Å². The molecule has 0 radical (unpaired) electrons. The summed E-state index contributed by atoms with van der Waals surface area (Å²) >= 11 is 0. The summed E-state index contributed by atoms with van der Waals surface area (Å²) in [5.41, 5.74) is 5.38. The summed E-state index contributed by atoms with van der Waals surface area (Å²) < 4.78 is 0. The van der Waals surface area contributed by atoms with E-state index in [-0.39, 0.29) is 42.1 Å². The first-order chi connectivity index (χ1) is 18.1. The minimum absolute atomic E-state index is 0.103. The maximum Gasteiger partial charge on any atom is 0.243 e. The molecule has 1 fully saturated rings. The van der Waals surface area contributed by atoms with Crippen molar-refractivity contribution in [3.05, 3.63) is 0 Å². The Hall–Kier alpha value is -2.16. The number of nitrogens with two attached hydrogens (primary N) is 1. The Morgan fingerprint density at radius 3 is 1.89 bits per heavy atom. The van der Waals surface area contributed by atoms with Crippen molar-refractivity contribution < 1.29 is 19.2 Å². The van der Waals surface area contributed by atoms with E-state index >= 15 is 0 Å². The molecule has 0 aliphatic carbocycles. The Morgan fingerprint density at radius 1 is 0.711 bits per heavy atom. The van der Waals surface area contributed by atoms with Crippen LogP contribution in [0, 0.1) is 5.41 Å². The third kappa shape index (κ3) is 15.9. The molecule has 0 spiro atoms. The molecule has 38 heavy (non-hydrogen) atoms. The molecule has 0 aromatic carbocycles. The molecule has 1 aliphatic heterocycles. The first-order valence-corrected chi connectivity index (χ1v) is 14.9. The minimum atomic E-state index is -0.792. The lowest BCUT2D eigenvalue weighted by molar-refractivity contribution is -0.132. The van der Waals surface area contributed by atoms with Crippen LogP contribution in [-0.2, 0) is 19.2 Å². The lowest BCUT2D eigenvalue weighted by atomic mass is 9.87. The lowest BCUT2D eigenvalue weighted by Crippen LogP contribution is -2.55. The van der Waals surface area contributed by atoms with Crippen molar-refractivity contribution in [2.45, 2.75) is 142 Å². The molecule has 9 nitrogen and oxygen atoms in total. The van der Waals surface area contributed by atoms with Crippen LogP contribution >= 0.6 is 0 Å². The number of carbonyl (C=O) groups is 4. The van der Waals surface area contributed by atoms with Crippen LogP contribution in [0.2, 0.25) is 0 Å². The van der Waals surface area contributed by atoms with Gasteiger partial charge in [-0.2, -0.15) is 0 Å². The zero-order valence-corrected chi connectivity index (χ0v) is 24.5. The maximum absolute atomic E-state index is 13.4. The van der Waals surface area contributed by atoms with E-state index in [0.717, 1.165) is 25.7 Å². The first kappa shape index (κ1) is 33.9. The molecule has 1 rings (SSSR count). The Labute approximate surface area is 230 Å². The van der Waals surface area contributed by atoms with Gasteiger partial charge in [-0.3, -0.25) is 19.2 Å². The summed E-state index contributed by atoms with van der Waals surface area (Å²) in [5, 5.41) is 11.3. The van der Waals surface area contributed by atoms with Crippen LogP contribution < -0.4 is 27.0 Å². The monoisotopic (exact) mass is 537 g/mol. The SMILES string of the molecule is CCCCCCCCCCC[C@@H]1CC(=O)NCC(=O)N[C@@H](CCCCN)C(=O)N[C@@H](CC(C)(C)C)C(=O)N1. The molecule has 0 aromatic rings. The van der Waals surface area contributed by atoms with Gasteiger partial charge >= 0.3 is 0 Å². The molecule has 0 unspecified atom stereocenters. The van der Waals surface area contributed by atoms with E-state index in [4.69, 9.17) is 5.73 Å². The summed E-state index contributed by atoms with van der Waals surface area (Å²) in [6.07, 6.45) is 13.7. The molecule has 0 saturated carbocycles. The van der Waals surface area contributed by atoms with E-state index in [1.165, 1.54) is 38.5 Å². The molecule has 220 valence electrons. The van der Waals surface area contributed by atoms with E-state index in [1.807, 2.05) is 20.8 Å². The molecule has 9 heteroatoms. The van der Waals surface area contributed by atoms with Gasteiger partial charge < -0.3 is 27.0 Å². The molecule has 1 saturated heterocycles. The number of unbranched alkanes of at least 4 members (excludes halogenated alkanes) is 9. The highest BCUT2D eigenvalue weighted by atomic mass is 16.2. The minimum Gasteiger partial charge on any atom is -0.351 e. The normalized spacial score (nSPS) is 21.9. The van der Waals surface area contributed by atoms with Crippen molar-refractivity contribution in [1.29, 1.82) is 0 Å². The van der Waals surface area contributed by atoms with Crippen molar-refractivity contribution in [3.63, 3.8) is 0 Å². The molecule has 3 atom stereocenters. The lowest BCUT2D eigenvalue weighted by Gasteiger charge is -2.29. The fraction of sp³-hybridized carbons (Fsp3) is 0.862. The highest BCUT2D eigenvalue weighted by Gasteiger charge is 2.31. The topological polar surface area (TPSA) is 142 Å². The average Bonchev–Trinajstić information content (AvgIpc) is 2.84. The van der Waals surface area contributed by atoms with Crippen LogP contribution in [0.4, 0.5) is 0 Å². The summed E-state index contributed by atoms with van der Waals surface area (Å²) in [4.78, 5) is 51.7. The van der Waals surface area contributed by atoms with Gasteiger partial charge in [0, 0.05) is 12.5 Å². The Morgan fingerprint density at radius 2 is 1.29 bits per heavy atom. The fourth-order valence-corrected chi connectivity index (χ4v) is 4.80. The van der Waals surface area contributed by atoms with Gasteiger partial charge in [-0.05, 0) is 44.1 Å². The summed E-state index contributed by atoms with van der Waals surface area (Å²) in [5.74, 6) is -1.38. The number of hydrogen-bond donors (Lipinski definition) is 5. The van der Waals surface area contributed by atoms with Crippen LogP contribution in [0.1, 0.15) is 124 Å². The van der Waals surface area contributed by atoms with Crippen molar-refractivity contribution in [3.8, 4) is 0 Å². The quantitative estimate of drug-likeness (QED) is 0.203. The number of hydrogen-bond acceptors (Lipinski definition) is 5. The second-order valence-corrected chi connectivity index (χ2v) is 12.0.